The van der Waals surface area contributed by atoms with Gasteiger partial charge in [0.1, 0.15) is 0 Å². The molecule has 0 aromatic heterocycles. The molecule has 0 aliphatic heterocycles. The molecule has 20 heavy (non-hydrogen) atoms. The Morgan fingerprint density at radius 3 is 2.35 bits per heavy atom. The maximum Gasteiger partial charge on any atom is 0.243 e. The number of sulfonamides is 1. The van der Waals surface area contributed by atoms with Gasteiger partial charge in [0.15, 0.2) is 0 Å². The van der Waals surface area contributed by atoms with Crippen LogP contribution in [0.4, 0.5) is 0 Å². The van der Waals surface area contributed by atoms with Crippen molar-refractivity contribution in [2.24, 2.45) is 5.92 Å². The van der Waals surface area contributed by atoms with E-state index in [1.54, 1.807) is 16.4 Å². The lowest BCUT2D eigenvalue weighted by Crippen LogP contribution is -2.37. The van der Waals surface area contributed by atoms with Gasteiger partial charge in [-0.25, -0.2) is 8.42 Å². The molecule has 1 aliphatic rings. The second-order valence-corrected chi connectivity index (χ2v) is 7.36. The van der Waals surface area contributed by atoms with E-state index in [9.17, 15) is 8.42 Å². The van der Waals surface area contributed by atoms with Crippen molar-refractivity contribution in [3.63, 3.8) is 0 Å². The molecule has 5 heteroatoms. The van der Waals surface area contributed by atoms with E-state index in [0.717, 1.165) is 24.9 Å². The van der Waals surface area contributed by atoms with Gasteiger partial charge in [0, 0.05) is 19.6 Å². The van der Waals surface area contributed by atoms with Crippen LogP contribution in [0.2, 0.25) is 0 Å². The Kier molecular flexibility index (Phi) is 5.18. The average molecular weight is 296 g/mol. The van der Waals surface area contributed by atoms with Gasteiger partial charge in [-0.1, -0.05) is 25.5 Å². The van der Waals surface area contributed by atoms with Crippen molar-refractivity contribution in [3.8, 4) is 0 Å². The number of nitrogens with one attached hydrogen (secondary N) is 1. The normalized spacial score (nSPS) is 16.4. The van der Waals surface area contributed by atoms with Gasteiger partial charge in [-0.15, -0.1) is 0 Å². The van der Waals surface area contributed by atoms with Gasteiger partial charge in [0.25, 0.3) is 0 Å². The number of benzene rings is 1. The lowest BCUT2D eigenvalue weighted by atomic mass is 9.85. The Bertz CT molecular complexity index is 521. The first-order chi connectivity index (χ1) is 9.57. The van der Waals surface area contributed by atoms with Crippen LogP contribution in [0.5, 0.6) is 0 Å². The number of hydrogen-bond acceptors (Lipinski definition) is 3. The summed E-state index contributed by atoms with van der Waals surface area (Å²) in [7, 11) is -1.46. The van der Waals surface area contributed by atoms with Crippen LogP contribution in [0.25, 0.3) is 0 Å². The average Bonchev–Trinajstić information content (AvgIpc) is 2.38. The highest BCUT2D eigenvalue weighted by molar-refractivity contribution is 7.89. The van der Waals surface area contributed by atoms with E-state index >= 15 is 0 Å². The molecular formula is C15H24N2O2S. The molecule has 2 rings (SSSR count). The molecule has 1 fully saturated rings. The lowest BCUT2D eigenvalue weighted by molar-refractivity contribution is 0.250. The summed E-state index contributed by atoms with van der Waals surface area (Å²) in [6.07, 6.45) is 3.56. The molecule has 4 nitrogen and oxygen atoms in total. The van der Waals surface area contributed by atoms with Gasteiger partial charge in [-0.3, -0.25) is 0 Å². The molecule has 0 bridgehead atoms. The van der Waals surface area contributed by atoms with E-state index in [-0.39, 0.29) is 0 Å². The smallest absolute Gasteiger partial charge is 0.243 e. The zero-order chi connectivity index (χ0) is 14.6. The van der Waals surface area contributed by atoms with Crippen molar-refractivity contribution in [2.75, 3.05) is 20.1 Å². The third-order valence-corrected chi connectivity index (χ3v) is 5.94. The Labute approximate surface area is 122 Å². The van der Waals surface area contributed by atoms with E-state index in [1.807, 2.05) is 26.1 Å². The molecule has 0 unspecified atom stereocenters. The quantitative estimate of drug-likeness (QED) is 0.839. The molecule has 0 radical (unpaired) electrons. The molecule has 112 valence electrons. The van der Waals surface area contributed by atoms with E-state index in [1.165, 1.54) is 6.42 Å². The van der Waals surface area contributed by atoms with E-state index in [4.69, 9.17) is 0 Å². The predicted octanol–water partition coefficient (Wildman–Crippen LogP) is 2.22. The standard InChI is InChI=1S/C15H24N2O2S/c1-3-17(12-14-5-4-6-14)20(18,19)15-9-7-13(8-10-15)11-16-2/h7-10,14,16H,3-6,11-12H2,1-2H3. The van der Waals surface area contributed by atoms with Gasteiger partial charge in [0.2, 0.25) is 10.0 Å². The first kappa shape index (κ1) is 15.5. The van der Waals surface area contributed by atoms with E-state index < -0.39 is 10.0 Å². The fourth-order valence-corrected chi connectivity index (χ4v) is 4.02. The summed E-state index contributed by atoms with van der Waals surface area (Å²) >= 11 is 0. The van der Waals surface area contributed by atoms with E-state index in [0.29, 0.717) is 23.9 Å². The van der Waals surface area contributed by atoms with E-state index in [2.05, 4.69) is 5.32 Å². The van der Waals surface area contributed by atoms with Crippen LogP contribution < -0.4 is 5.32 Å². The topological polar surface area (TPSA) is 49.4 Å². The Morgan fingerprint density at radius 2 is 1.90 bits per heavy atom. The summed E-state index contributed by atoms with van der Waals surface area (Å²) in [6, 6.07) is 7.18. The molecule has 0 spiro atoms. The van der Waals surface area contributed by atoms with Gasteiger partial charge >= 0.3 is 0 Å². The molecule has 0 atom stereocenters. The summed E-state index contributed by atoms with van der Waals surface area (Å²) in [5.74, 6) is 0.549. The lowest BCUT2D eigenvalue weighted by Gasteiger charge is -2.31. The third kappa shape index (κ3) is 3.40. The second kappa shape index (κ2) is 6.70. The Balaban J connectivity index is 2.14. The van der Waals surface area contributed by atoms with Crippen LogP contribution in [0.1, 0.15) is 31.7 Å². The van der Waals surface area contributed by atoms with Crippen molar-refractivity contribution in [3.05, 3.63) is 29.8 Å². The largest absolute Gasteiger partial charge is 0.316 e. The van der Waals surface area contributed by atoms with Gasteiger partial charge < -0.3 is 5.32 Å². The minimum Gasteiger partial charge on any atom is -0.316 e. The fraction of sp³-hybridized carbons (Fsp3) is 0.600. The zero-order valence-electron chi connectivity index (χ0n) is 12.3. The molecule has 1 aromatic carbocycles. The number of hydrogen-bond donors (Lipinski definition) is 1. The summed E-state index contributed by atoms with van der Waals surface area (Å²) < 4.78 is 26.9. The maximum absolute atomic E-state index is 12.6. The third-order valence-electron chi connectivity index (χ3n) is 3.98. The van der Waals surface area contributed by atoms with Gasteiger partial charge in [-0.05, 0) is 43.5 Å². The highest BCUT2D eigenvalue weighted by atomic mass is 32.2. The molecule has 1 aromatic rings. The highest BCUT2D eigenvalue weighted by Crippen LogP contribution is 2.29. The fourth-order valence-electron chi connectivity index (χ4n) is 2.49. The predicted molar refractivity (Wildman–Crippen MR) is 81.0 cm³/mol. The van der Waals surface area contributed by atoms with Gasteiger partial charge in [0.05, 0.1) is 4.90 Å². The Morgan fingerprint density at radius 1 is 1.25 bits per heavy atom. The van der Waals surface area contributed by atoms with Crippen LogP contribution in [0.3, 0.4) is 0 Å². The van der Waals surface area contributed by atoms with Gasteiger partial charge in [-0.2, -0.15) is 4.31 Å². The minimum absolute atomic E-state index is 0.401. The minimum atomic E-state index is -3.34. The summed E-state index contributed by atoms with van der Waals surface area (Å²) in [4.78, 5) is 0.401. The molecule has 0 heterocycles. The maximum atomic E-state index is 12.6. The Hall–Kier alpha value is -0.910. The second-order valence-electron chi connectivity index (χ2n) is 5.43. The van der Waals surface area contributed by atoms with Crippen molar-refractivity contribution >= 4 is 10.0 Å². The summed E-state index contributed by atoms with van der Waals surface area (Å²) in [5.41, 5.74) is 1.09. The van der Waals surface area contributed by atoms with Crippen molar-refractivity contribution < 1.29 is 8.42 Å². The summed E-state index contributed by atoms with van der Waals surface area (Å²) in [6.45, 7) is 3.86. The van der Waals surface area contributed by atoms with Crippen LogP contribution in [-0.4, -0.2) is 32.9 Å². The van der Waals surface area contributed by atoms with Crippen molar-refractivity contribution in [2.45, 2.75) is 37.6 Å². The first-order valence-corrected chi connectivity index (χ1v) is 8.75. The zero-order valence-corrected chi connectivity index (χ0v) is 13.1. The SMILES string of the molecule is CCN(CC1CCC1)S(=O)(=O)c1ccc(CNC)cc1. The number of rotatable bonds is 7. The van der Waals surface area contributed by atoms with Crippen LogP contribution in [0, 0.1) is 5.92 Å². The summed E-state index contributed by atoms with van der Waals surface area (Å²) in [5, 5.41) is 3.06. The van der Waals surface area contributed by atoms with Crippen LogP contribution in [0.15, 0.2) is 29.2 Å². The molecule has 1 saturated carbocycles. The highest BCUT2D eigenvalue weighted by Gasteiger charge is 2.28. The molecule has 0 amide bonds. The van der Waals surface area contributed by atoms with Crippen molar-refractivity contribution in [1.82, 2.24) is 9.62 Å². The monoisotopic (exact) mass is 296 g/mol. The first-order valence-electron chi connectivity index (χ1n) is 7.31. The van der Waals surface area contributed by atoms with Crippen LogP contribution in [-0.2, 0) is 16.6 Å². The molecule has 1 N–H and O–H groups in total. The number of nitrogens with zero attached hydrogens (tertiary/aromatic N) is 1. The molecule has 0 saturated heterocycles. The van der Waals surface area contributed by atoms with Crippen molar-refractivity contribution in [1.29, 1.82) is 0 Å². The van der Waals surface area contributed by atoms with Crippen LogP contribution >= 0.6 is 0 Å². The molecular weight excluding hydrogens is 272 g/mol. The molecule has 1 aliphatic carbocycles.